The van der Waals surface area contributed by atoms with Crippen LogP contribution in [0.5, 0.6) is 0 Å². The summed E-state index contributed by atoms with van der Waals surface area (Å²) in [6.07, 6.45) is 2.16. The quantitative estimate of drug-likeness (QED) is 0.488. The largest absolute Gasteiger partial charge is 0.467 e. The van der Waals surface area contributed by atoms with Gasteiger partial charge in [0.15, 0.2) is 11.9 Å². The average Bonchev–Trinajstić information content (AvgIpc) is 3.55. The van der Waals surface area contributed by atoms with Gasteiger partial charge in [-0.15, -0.1) is 0 Å². The van der Waals surface area contributed by atoms with E-state index in [-0.39, 0.29) is 24.8 Å². The number of rotatable bonds is 9. The third-order valence-electron chi connectivity index (χ3n) is 7.25. The van der Waals surface area contributed by atoms with Gasteiger partial charge in [0.1, 0.15) is 6.10 Å². The number of carbonyl (C=O) groups is 3. The second-order valence-electron chi connectivity index (χ2n) is 9.89. The molecule has 2 saturated heterocycles. The van der Waals surface area contributed by atoms with Crippen molar-refractivity contribution < 1.29 is 38.1 Å². The van der Waals surface area contributed by atoms with Gasteiger partial charge < -0.3 is 34.0 Å². The van der Waals surface area contributed by atoms with E-state index in [2.05, 4.69) is 10.3 Å². The Balaban J connectivity index is 1.44. The third kappa shape index (κ3) is 6.14. The van der Waals surface area contributed by atoms with Crippen LogP contribution in [0.4, 0.5) is 0 Å². The van der Waals surface area contributed by atoms with Gasteiger partial charge in [0, 0.05) is 42.4 Å². The zero-order valence-electron chi connectivity index (χ0n) is 21.8. The molecule has 0 aliphatic carbocycles. The lowest BCUT2D eigenvalue weighted by Gasteiger charge is -2.44. The van der Waals surface area contributed by atoms with Crippen molar-refractivity contribution in [2.75, 3.05) is 26.9 Å². The summed E-state index contributed by atoms with van der Waals surface area (Å²) >= 11 is 0. The van der Waals surface area contributed by atoms with Crippen LogP contribution >= 0.6 is 0 Å². The molecule has 2 aliphatic heterocycles. The van der Waals surface area contributed by atoms with E-state index in [1.54, 1.807) is 0 Å². The fraction of sp³-hybridized carbons (Fsp3) is 0.593. The van der Waals surface area contributed by atoms with E-state index < -0.39 is 36.0 Å². The molecule has 2 N–H and O–H groups in total. The van der Waals surface area contributed by atoms with Crippen molar-refractivity contribution in [3.63, 3.8) is 0 Å². The van der Waals surface area contributed by atoms with Gasteiger partial charge in [-0.2, -0.15) is 0 Å². The molecule has 3 heterocycles. The maximum atomic E-state index is 13.0. The van der Waals surface area contributed by atoms with Crippen LogP contribution in [0.25, 0.3) is 10.9 Å². The normalized spacial score (nSPS) is 25.1. The van der Waals surface area contributed by atoms with E-state index in [4.69, 9.17) is 23.7 Å². The Morgan fingerprint density at radius 3 is 2.68 bits per heavy atom. The van der Waals surface area contributed by atoms with Crippen molar-refractivity contribution in [3.05, 3.63) is 35.5 Å². The van der Waals surface area contributed by atoms with Gasteiger partial charge >= 0.3 is 11.9 Å². The number of hydrogen-bond acceptors (Lipinski definition) is 8. The molecule has 4 atom stereocenters. The van der Waals surface area contributed by atoms with Crippen molar-refractivity contribution in [3.8, 4) is 0 Å². The first-order chi connectivity index (χ1) is 17.7. The fourth-order valence-electron chi connectivity index (χ4n) is 5.33. The Hall–Kier alpha value is -2.95. The van der Waals surface area contributed by atoms with Crippen molar-refractivity contribution in [1.82, 2.24) is 10.3 Å². The van der Waals surface area contributed by atoms with Crippen molar-refractivity contribution in [2.45, 2.75) is 70.6 Å². The standard InChI is InChI=1S/C27H36N2O8/c1-16-11-20(12-19-7-8-28-24(16)19)25(31)29-15-22(36-18(3)30)13-21-6-5-17(2)27(37-21,26(32)33-4)14-23-34-9-10-35-23/h7-8,11-12,17,21-23,28H,5-6,9-10,13-15H2,1-4H3,(H,29,31)/t17-,21?,22-,27+/m0/s1. The maximum Gasteiger partial charge on any atom is 0.338 e. The Morgan fingerprint density at radius 1 is 1.22 bits per heavy atom. The molecular weight excluding hydrogens is 480 g/mol. The summed E-state index contributed by atoms with van der Waals surface area (Å²) in [5.41, 5.74) is 1.24. The number of fused-ring (bicyclic) bond motifs is 1. The topological polar surface area (TPSA) is 125 Å². The highest BCUT2D eigenvalue weighted by molar-refractivity contribution is 5.99. The van der Waals surface area contributed by atoms with Crippen molar-refractivity contribution in [1.29, 1.82) is 0 Å². The van der Waals surface area contributed by atoms with Crippen LogP contribution in [0.2, 0.25) is 0 Å². The number of benzene rings is 1. The van der Waals surface area contributed by atoms with E-state index in [1.165, 1.54) is 14.0 Å². The molecule has 2 fully saturated rings. The number of ether oxygens (including phenoxy) is 5. The van der Waals surface area contributed by atoms with Crippen LogP contribution in [-0.4, -0.2) is 73.8 Å². The molecule has 202 valence electrons. The second-order valence-corrected chi connectivity index (χ2v) is 9.89. The lowest BCUT2D eigenvalue weighted by Crippen LogP contribution is -2.56. The SMILES string of the molecule is COC(=O)[C@]1(CC2OCCO2)OC(C[C@@H](CNC(=O)c2cc(C)c3[nH]ccc3c2)OC(C)=O)CC[C@@H]1C. The lowest BCUT2D eigenvalue weighted by molar-refractivity contribution is -0.221. The molecule has 1 amide bonds. The molecule has 10 heteroatoms. The summed E-state index contributed by atoms with van der Waals surface area (Å²) in [4.78, 5) is 40.9. The van der Waals surface area contributed by atoms with Crippen LogP contribution < -0.4 is 5.32 Å². The highest BCUT2D eigenvalue weighted by Crippen LogP contribution is 2.41. The molecule has 0 bridgehead atoms. The number of aromatic amines is 1. The Kier molecular flexibility index (Phi) is 8.51. The molecule has 1 aromatic heterocycles. The Labute approximate surface area is 216 Å². The number of aryl methyl sites for hydroxylation is 1. The zero-order valence-corrected chi connectivity index (χ0v) is 21.8. The van der Waals surface area contributed by atoms with Gasteiger partial charge in [0.05, 0.1) is 33.0 Å². The monoisotopic (exact) mass is 516 g/mol. The summed E-state index contributed by atoms with van der Waals surface area (Å²) in [6, 6.07) is 5.55. The van der Waals surface area contributed by atoms with E-state index in [9.17, 15) is 14.4 Å². The number of nitrogens with one attached hydrogen (secondary N) is 2. The third-order valence-corrected chi connectivity index (χ3v) is 7.25. The number of carbonyl (C=O) groups excluding carboxylic acids is 3. The molecule has 1 aromatic carbocycles. The minimum atomic E-state index is -1.24. The Bertz CT molecular complexity index is 1120. The van der Waals surface area contributed by atoms with Gasteiger partial charge in [0.2, 0.25) is 0 Å². The van der Waals surface area contributed by atoms with Gasteiger partial charge in [-0.3, -0.25) is 9.59 Å². The molecule has 0 radical (unpaired) electrons. The second kappa shape index (κ2) is 11.6. The first-order valence-electron chi connectivity index (χ1n) is 12.7. The summed E-state index contributed by atoms with van der Waals surface area (Å²) in [7, 11) is 1.34. The maximum absolute atomic E-state index is 13.0. The first-order valence-corrected chi connectivity index (χ1v) is 12.7. The van der Waals surface area contributed by atoms with E-state index >= 15 is 0 Å². The van der Waals surface area contributed by atoms with Crippen molar-refractivity contribution in [2.24, 2.45) is 5.92 Å². The fourth-order valence-corrected chi connectivity index (χ4v) is 5.33. The van der Waals surface area contributed by atoms with E-state index in [0.717, 1.165) is 16.5 Å². The Morgan fingerprint density at radius 2 is 1.97 bits per heavy atom. The van der Waals surface area contributed by atoms with E-state index in [1.807, 2.05) is 38.2 Å². The molecule has 0 saturated carbocycles. The summed E-state index contributed by atoms with van der Waals surface area (Å²) < 4.78 is 28.3. The minimum absolute atomic E-state index is 0.109. The molecule has 37 heavy (non-hydrogen) atoms. The highest BCUT2D eigenvalue weighted by Gasteiger charge is 2.52. The van der Waals surface area contributed by atoms with E-state index in [0.29, 0.717) is 38.0 Å². The molecular formula is C27H36N2O8. The molecule has 10 nitrogen and oxygen atoms in total. The van der Waals surface area contributed by atoms with Gasteiger partial charge in [-0.05, 0) is 49.4 Å². The smallest absolute Gasteiger partial charge is 0.338 e. The van der Waals surface area contributed by atoms with Gasteiger partial charge in [0.25, 0.3) is 5.91 Å². The number of amides is 1. The number of aromatic nitrogens is 1. The van der Waals surface area contributed by atoms with Crippen molar-refractivity contribution >= 4 is 28.7 Å². The van der Waals surface area contributed by atoms with Crippen LogP contribution in [-0.2, 0) is 33.3 Å². The van der Waals surface area contributed by atoms with Crippen LogP contribution in [0, 0.1) is 12.8 Å². The predicted molar refractivity (Wildman–Crippen MR) is 134 cm³/mol. The lowest BCUT2D eigenvalue weighted by atomic mass is 9.78. The van der Waals surface area contributed by atoms with Crippen LogP contribution in [0.1, 0.15) is 55.5 Å². The zero-order chi connectivity index (χ0) is 26.6. The molecule has 0 spiro atoms. The molecule has 2 aliphatic rings. The summed E-state index contributed by atoms with van der Waals surface area (Å²) in [5, 5.41) is 3.83. The van der Waals surface area contributed by atoms with Crippen LogP contribution in [0.15, 0.2) is 24.4 Å². The summed E-state index contributed by atoms with van der Waals surface area (Å²) in [6.45, 7) is 6.26. The van der Waals surface area contributed by atoms with Crippen LogP contribution in [0.3, 0.4) is 0 Å². The number of H-pyrrole nitrogens is 1. The predicted octanol–water partition coefficient (Wildman–Crippen LogP) is 3.02. The number of hydrogen-bond donors (Lipinski definition) is 2. The minimum Gasteiger partial charge on any atom is -0.467 e. The average molecular weight is 517 g/mol. The summed E-state index contributed by atoms with van der Waals surface area (Å²) in [5.74, 6) is -1.32. The van der Waals surface area contributed by atoms with Gasteiger partial charge in [-0.25, -0.2) is 4.79 Å². The first kappa shape index (κ1) is 27.1. The number of esters is 2. The number of methoxy groups -OCH3 is 1. The molecule has 1 unspecified atom stereocenters. The molecule has 2 aromatic rings. The van der Waals surface area contributed by atoms with Gasteiger partial charge in [-0.1, -0.05) is 6.92 Å². The molecule has 4 rings (SSSR count). The highest BCUT2D eigenvalue weighted by atomic mass is 16.7.